The molecule has 2 nitrogen and oxygen atoms in total. The number of benzene rings is 2. The standard InChI is InChI=1S/C16H19BrN2/c1-3-18-12-13-9-10-16(15(17)11-13)19(2)14-7-5-4-6-8-14/h4-11,18H,3,12H2,1-2H3. The molecule has 0 aliphatic carbocycles. The molecule has 0 fully saturated rings. The van der Waals surface area contributed by atoms with Crippen molar-refractivity contribution >= 4 is 27.3 Å². The molecule has 0 heterocycles. The fraction of sp³-hybridized carbons (Fsp3) is 0.250. The Morgan fingerprint density at radius 1 is 1.11 bits per heavy atom. The topological polar surface area (TPSA) is 15.3 Å². The van der Waals surface area contributed by atoms with Crippen LogP contribution in [0.25, 0.3) is 0 Å². The zero-order valence-corrected chi connectivity index (χ0v) is 12.9. The molecule has 3 heteroatoms. The summed E-state index contributed by atoms with van der Waals surface area (Å²) in [6.07, 6.45) is 0. The summed E-state index contributed by atoms with van der Waals surface area (Å²) >= 11 is 3.67. The lowest BCUT2D eigenvalue weighted by Crippen LogP contribution is -2.13. The maximum absolute atomic E-state index is 3.67. The highest BCUT2D eigenvalue weighted by molar-refractivity contribution is 9.10. The zero-order valence-electron chi connectivity index (χ0n) is 11.4. The fourth-order valence-electron chi connectivity index (χ4n) is 1.99. The SMILES string of the molecule is CCNCc1ccc(N(C)c2ccccc2)c(Br)c1. The van der Waals surface area contributed by atoms with E-state index in [9.17, 15) is 0 Å². The summed E-state index contributed by atoms with van der Waals surface area (Å²) in [6.45, 7) is 4.01. The van der Waals surface area contributed by atoms with Crippen molar-refractivity contribution in [2.45, 2.75) is 13.5 Å². The Balaban J connectivity index is 2.21. The molecule has 2 rings (SSSR count). The van der Waals surface area contributed by atoms with E-state index in [1.165, 1.54) is 16.9 Å². The Morgan fingerprint density at radius 2 is 1.84 bits per heavy atom. The number of rotatable bonds is 5. The highest BCUT2D eigenvalue weighted by atomic mass is 79.9. The predicted molar refractivity (Wildman–Crippen MR) is 86.0 cm³/mol. The van der Waals surface area contributed by atoms with E-state index in [1.54, 1.807) is 0 Å². The highest BCUT2D eigenvalue weighted by Crippen LogP contribution is 2.31. The first kappa shape index (κ1) is 14.1. The van der Waals surface area contributed by atoms with Crippen LogP contribution < -0.4 is 10.2 Å². The largest absolute Gasteiger partial charge is 0.344 e. The van der Waals surface area contributed by atoms with Gasteiger partial charge in [-0.05, 0) is 52.3 Å². The summed E-state index contributed by atoms with van der Waals surface area (Å²) in [5.74, 6) is 0. The van der Waals surface area contributed by atoms with Crippen LogP contribution >= 0.6 is 15.9 Å². The van der Waals surface area contributed by atoms with Crippen molar-refractivity contribution in [3.63, 3.8) is 0 Å². The van der Waals surface area contributed by atoms with Crippen molar-refractivity contribution in [2.24, 2.45) is 0 Å². The van der Waals surface area contributed by atoms with Crippen molar-refractivity contribution in [3.05, 3.63) is 58.6 Å². The van der Waals surface area contributed by atoms with Crippen LogP contribution in [0.5, 0.6) is 0 Å². The summed E-state index contributed by atoms with van der Waals surface area (Å²) in [7, 11) is 2.08. The van der Waals surface area contributed by atoms with Gasteiger partial charge in [-0.25, -0.2) is 0 Å². The molecular weight excluding hydrogens is 300 g/mol. The molecule has 0 saturated heterocycles. The van der Waals surface area contributed by atoms with Gasteiger partial charge in [-0.3, -0.25) is 0 Å². The molecule has 0 aromatic heterocycles. The first-order chi connectivity index (χ1) is 9.22. The van der Waals surface area contributed by atoms with Gasteiger partial charge in [0.2, 0.25) is 0 Å². The second kappa shape index (κ2) is 6.73. The maximum Gasteiger partial charge on any atom is 0.0552 e. The van der Waals surface area contributed by atoms with Crippen molar-refractivity contribution in [1.82, 2.24) is 5.32 Å². The monoisotopic (exact) mass is 318 g/mol. The Labute approximate surface area is 123 Å². The molecular formula is C16H19BrN2. The predicted octanol–water partition coefficient (Wildman–Crippen LogP) is 4.33. The van der Waals surface area contributed by atoms with Crippen molar-refractivity contribution in [1.29, 1.82) is 0 Å². The molecule has 0 unspecified atom stereocenters. The van der Waals surface area contributed by atoms with Crippen LogP contribution in [-0.4, -0.2) is 13.6 Å². The molecule has 19 heavy (non-hydrogen) atoms. The summed E-state index contributed by atoms with van der Waals surface area (Å²) < 4.78 is 1.12. The van der Waals surface area contributed by atoms with Crippen molar-refractivity contribution in [2.75, 3.05) is 18.5 Å². The lowest BCUT2D eigenvalue weighted by Gasteiger charge is -2.21. The van der Waals surface area contributed by atoms with Gasteiger partial charge < -0.3 is 10.2 Å². The molecule has 0 aliphatic heterocycles. The smallest absolute Gasteiger partial charge is 0.0552 e. The third kappa shape index (κ3) is 3.58. The molecule has 0 radical (unpaired) electrons. The Kier molecular flexibility index (Phi) is 5.00. The van der Waals surface area contributed by atoms with Crippen molar-refractivity contribution in [3.8, 4) is 0 Å². The van der Waals surface area contributed by atoms with Gasteiger partial charge in [0.25, 0.3) is 0 Å². The lowest BCUT2D eigenvalue weighted by molar-refractivity contribution is 0.726. The van der Waals surface area contributed by atoms with E-state index >= 15 is 0 Å². The maximum atomic E-state index is 3.67. The van der Waals surface area contributed by atoms with Gasteiger partial charge in [0.05, 0.1) is 5.69 Å². The molecule has 0 aliphatic rings. The van der Waals surface area contributed by atoms with Crippen LogP contribution in [0.4, 0.5) is 11.4 Å². The first-order valence-corrected chi connectivity index (χ1v) is 7.29. The van der Waals surface area contributed by atoms with Gasteiger partial charge in [0.15, 0.2) is 0 Å². The van der Waals surface area contributed by atoms with E-state index in [1.807, 2.05) is 6.07 Å². The average molecular weight is 319 g/mol. The van der Waals surface area contributed by atoms with Gasteiger partial charge in [-0.2, -0.15) is 0 Å². The average Bonchev–Trinajstić information content (AvgIpc) is 2.45. The number of nitrogens with zero attached hydrogens (tertiary/aromatic N) is 1. The molecule has 0 spiro atoms. The summed E-state index contributed by atoms with van der Waals surface area (Å²) in [6, 6.07) is 16.9. The molecule has 2 aromatic rings. The van der Waals surface area contributed by atoms with E-state index in [-0.39, 0.29) is 0 Å². The Hall–Kier alpha value is -1.32. The minimum atomic E-state index is 0.907. The van der Waals surface area contributed by atoms with Gasteiger partial charge in [0, 0.05) is 23.8 Å². The van der Waals surface area contributed by atoms with Crippen LogP contribution in [-0.2, 0) is 6.54 Å². The van der Waals surface area contributed by atoms with E-state index < -0.39 is 0 Å². The van der Waals surface area contributed by atoms with Crippen LogP contribution in [0.2, 0.25) is 0 Å². The molecule has 0 saturated carbocycles. The summed E-state index contributed by atoms with van der Waals surface area (Å²) in [5, 5.41) is 3.34. The van der Waals surface area contributed by atoms with Crippen LogP contribution in [0.3, 0.4) is 0 Å². The molecule has 1 N–H and O–H groups in total. The lowest BCUT2D eigenvalue weighted by atomic mass is 10.2. The number of anilines is 2. The van der Waals surface area contributed by atoms with E-state index in [0.29, 0.717) is 0 Å². The molecule has 100 valence electrons. The molecule has 0 amide bonds. The van der Waals surface area contributed by atoms with E-state index in [2.05, 4.69) is 82.6 Å². The second-order valence-electron chi connectivity index (χ2n) is 4.46. The van der Waals surface area contributed by atoms with Gasteiger partial charge in [0.1, 0.15) is 0 Å². The third-order valence-electron chi connectivity index (χ3n) is 3.10. The van der Waals surface area contributed by atoms with Crippen LogP contribution in [0.1, 0.15) is 12.5 Å². The van der Waals surface area contributed by atoms with E-state index in [4.69, 9.17) is 0 Å². The fourth-order valence-corrected chi connectivity index (χ4v) is 2.68. The quantitative estimate of drug-likeness (QED) is 0.882. The third-order valence-corrected chi connectivity index (χ3v) is 3.73. The molecule has 0 bridgehead atoms. The number of nitrogens with one attached hydrogen (secondary N) is 1. The minimum absolute atomic E-state index is 0.907. The van der Waals surface area contributed by atoms with Gasteiger partial charge in [-0.15, -0.1) is 0 Å². The summed E-state index contributed by atoms with van der Waals surface area (Å²) in [4.78, 5) is 2.18. The minimum Gasteiger partial charge on any atom is -0.344 e. The molecule has 2 aromatic carbocycles. The Morgan fingerprint density at radius 3 is 2.47 bits per heavy atom. The van der Waals surface area contributed by atoms with Crippen LogP contribution in [0.15, 0.2) is 53.0 Å². The summed E-state index contributed by atoms with van der Waals surface area (Å²) in [5.41, 5.74) is 3.65. The highest BCUT2D eigenvalue weighted by Gasteiger charge is 2.08. The van der Waals surface area contributed by atoms with Crippen molar-refractivity contribution < 1.29 is 0 Å². The molecule has 0 atom stereocenters. The van der Waals surface area contributed by atoms with Gasteiger partial charge in [-0.1, -0.05) is 31.2 Å². The number of hydrogen-bond donors (Lipinski definition) is 1. The number of hydrogen-bond acceptors (Lipinski definition) is 2. The zero-order chi connectivity index (χ0) is 13.7. The first-order valence-electron chi connectivity index (χ1n) is 6.50. The van der Waals surface area contributed by atoms with Crippen LogP contribution in [0, 0.1) is 0 Å². The Bertz CT molecular complexity index is 526. The van der Waals surface area contributed by atoms with E-state index in [0.717, 1.165) is 17.6 Å². The number of para-hydroxylation sites is 1. The normalized spacial score (nSPS) is 10.5. The number of halogens is 1. The van der Waals surface area contributed by atoms with Gasteiger partial charge >= 0.3 is 0 Å². The second-order valence-corrected chi connectivity index (χ2v) is 5.31.